The Morgan fingerprint density at radius 1 is 1.25 bits per heavy atom. The van der Waals surface area contributed by atoms with Gasteiger partial charge in [0.2, 0.25) is 0 Å². The monoisotopic (exact) mass is 357 g/mol. The fraction of sp³-hybridized carbons (Fsp3) is 0.647. The average molecular weight is 359 g/mol. The summed E-state index contributed by atoms with van der Waals surface area (Å²) in [6.45, 7) is 3.37. The molecule has 1 fully saturated rings. The molecule has 0 saturated heterocycles. The third kappa shape index (κ3) is 4.75. The van der Waals surface area contributed by atoms with Crippen molar-refractivity contribution >= 4 is 27.5 Å². The Morgan fingerprint density at radius 2 is 2.05 bits per heavy atom. The Balaban J connectivity index is 2.06. The lowest BCUT2D eigenvalue weighted by atomic mass is 9.88. The molecule has 1 aliphatic rings. The van der Waals surface area contributed by atoms with Crippen LogP contribution in [0.1, 0.15) is 51.0 Å². The van der Waals surface area contributed by atoms with Gasteiger partial charge >= 0.3 is 0 Å². The summed E-state index contributed by atoms with van der Waals surface area (Å²) < 4.78 is 1.06. The summed E-state index contributed by atoms with van der Waals surface area (Å²) in [5.41, 5.74) is 1.30. The van der Waals surface area contributed by atoms with Gasteiger partial charge in [-0.1, -0.05) is 59.8 Å². The summed E-state index contributed by atoms with van der Waals surface area (Å²) in [4.78, 5) is 0. The minimum atomic E-state index is 0.664. The second-order valence-electron chi connectivity index (χ2n) is 5.90. The smallest absolute Gasteiger partial charge is 0.0449 e. The quantitative estimate of drug-likeness (QED) is 0.676. The molecule has 1 aliphatic carbocycles. The molecule has 0 spiro atoms. The van der Waals surface area contributed by atoms with Crippen LogP contribution < -0.4 is 5.32 Å². The van der Waals surface area contributed by atoms with E-state index < -0.39 is 0 Å². The predicted molar refractivity (Wildman–Crippen MR) is 91.5 cm³/mol. The van der Waals surface area contributed by atoms with Gasteiger partial charge in [-0.15, -0.1) is 0 Å². The van der Waals surface area contributed by atoms with Crippen molar-refractivity contribution in [3.05, 3.63) is 33.3 Å². The zero-order valence-corrected chi connectivity index (χ0v) is 14.6. The molecule has 2 unspecified atom stereocenters. The maximum atomic E-state index is 6.39. The van der Waals surface area contributed by atoms with E-state index in [2.05, 4.69) is 40.3 Å². The second kappa shape index (κ2) is 8.41. The molecule has 3 heteroatoms. The van der Waals surface area contributed by atoms with Crippen LogP contribution in [0.25, 0.3) is 0 Å². The number of hydrogen-bond donors (Lipinski definition) is 1. The van der Waals surface area contributed by atoms with E-state index in [4.69, 9.17) is 11.6 Å². The van der Waals surface area contributed by atoms with Crippen LogP contribution in [0.4, 0.5) is 0 Å². The van der Waals surface area contributed by atoms with Crippen molar-refractivity contribution in [3.8, 4) is 0 Å². The Morgan fingerprint density at radius 3 is 2.80 bits per heavy atom. The lowest BCUT2D eigenvalue weighted by Crippen LogP contribution is -2.37. The fourth-order valence-corrected chi connectivity index (χ4v) is 3.95. The molecule has 20 heavy (non-hydrogen) atoms. The van der Waals surface area contributed by atoms with E-state index in [0.29, 0.717) is 6.04 Å². The van der Waals surface area contributed by atoms with Crippen molar-refractivity contribution in [3.63, 3.8) is 0 Å². The number of rotatable bonds is 5. The molecule has 2 atom stereocenters. The topological polar surface area (TPSA) is 12.0 Å². The highest BCUT2D eigenvalue weighted by Crippen LogP contribution is 2.30. The summed E-state index contributed by atoms with van der Waals surface area (Å²) >= 11 is 9.87. The van der Waals surface area contributed by atoms with Gasteiger partial charge in [-0.05, 0) is 55.8 Å². The first kappa shape index (κ1) is 16.3. The number of nitrogens with one attached hydrogen (secondary N) is 1. The lowest BCUT2D eigenvalue weighted by molar-refractivity contribution is 0.332. The third-order valence-corrected chi connectivity index (χ3v) is 5.16. The van der Waals surface area contributed by atoms with Gasteiger partial charge in [0.15, 0.2) is 0 Å². The number of benzene rings is 1. The lowest BCUT2D eigenvalue weighted by Gasteiger charge is -2.26. The third-order valence-electron chi connectivity index (χ3n) is 4.31. The van der Waals surface area contributed by atoms with E-state index in [9.17, 15) is 0 Å². The first-order chi connectivity index (χ1) is 9.70. The first-order valence-electron chi connectivity index (χ1n) is 7.88. The van der Waals surface area contributed by atoms with Gasteiger partial charge in [0, 0.05) is 15.5 Å². The van der Waals surface area contributed by atoms with Crippen molar-refractivity contribution < 1.29 is 0 Å². The molecule has 0 heterocycles. The molecule has 1 nitrogen and oxygen atoms in total. The van der Waals surface area contributed by atoms with Crippen LogP contribution >= 0.6 is 27.5 Å². The summed E-state index contributed by atoms with van der Waals surface area (Å²) in [7, 11) is 0. The van der Waals surface area contributed by atoms with E-state index in [1.54, 1.807) is 0 Å². The maximum absolute atomic E-state index is 6.39. The summed E-state index contributed by atoms with van der Waals surface area (Å²) in [5, 5.41) is 4.66. The van der Waals surface area contributed by atoms with E-state index in [1.165, 1.54) is 44.1 Å². The van der Waals surface area contributed by atoms with Crippen LogP contribution in [-0.2, 0) is 6.42 Å². The molecule has 0 aliphatic heterocycles. The molecule has 1 N–H and O–H groups in total. The van der Waals surface area contributed by atoms with Crippen molar-refractivity contribution in [2.24, 2.45) is 5.92 Å². The zero-order valence-electron chi connectivity index (χ0n) is 12.3. The maximum Gasteiger partial charge on any atom is 0.0449 e. The van der Waals surface area contributed by atoms with Crippen LogP contribution in [0.3, 0.4) is 0 Å². The number of halogens is 2. The van der Waals surface area contributed by atoms with E-state index >= 15 is 0 Å². The van der Waals surface area contributed by atoms with Gasteiger partial charge in [0.1, 0.15) is 0 Å². The van der Waals surface area contributed by atoms with Gasteiger partial charge in [0.25, 0.3) is 0 Å². The second-order valence-corrected chi connectivity index (χ2v) is 7.22. The van der Waals surface area contributed by atoms with Gasteiger partial charge in [-0.2, -0.15) is 0 Å². The summed E-state index contributed by atoms with van der Waals surface area (Å²) in [6.07, 6.45) is 9.08. The van der Waals surface area contributed by atoms with E-state index in [0.717, 1.165) is 28.4 Å². The molecule has 2 rings (SSSR count). The molecule has 0 bridgehead atoms. The normalized spacial score (nSPS) is 23.6. The van der Waals surface area contributed by atoms with Crippen molar-refractivity contribution in [2.75, 3.05) is 6.54 Å². The summed E-state index contributed by atoms with van der Waals surface area (Å²) in [5.74, 6) is 0.725. The largest absolute Gasteiger partial charge is 0.314 e. The Hall–Kier alpha value is -0.0500. The Bertz CT molecular complexity index is 421. The SMILES string of the molecule is CCCNC1CCCCCC1Cc1ccc(Br)cc1Cl. The molecule has 0 amide bonds. The van der Waals surface area contributed by atoms with E-state index in [1.807, 2.05) is 6.07 Å². The molecule has 1 aromatic carbocycles. The Kier molecular flexibility index (Phi) is 6.86. The van der Waals surface area contributed by atoms with Gasteiger partial charge in [0.05, 0.1) is 0 Å². The first-order valence-corrected chi connectivity index (χ1v) is 9.05. The molecule has 0 radical (unpaired) electrons. The molecule has 112 valence electrons. The van der Waals surface area contributed by atoms with Crippen LogP contribution in [0.2, 0.25) is 5.02 Å². The summed E-state index contributed by atoms with van der Waals surface area (Å²) in [6, 6.07) is 6.96. The zero-order chi connectivity index (χ0) is 14.4. The minimum Gasteiger partial charge on any atom is -0.314 e. The molecule has 0 aromatic heterocycles. The van der Waals surface area contributed by atoms with Crippen molar-refractivity contribution in [1.29, 1.82) is 0 Å². The number of hydrogen-bond acceptors (Lipinski definition) is 1. The molecule has 1 aromatic rings. The van der Waals surface area contributed by atoms with Crippen LogP contribution in [0.15, 0.2) is 22.7 Å². The molecule has 1 saturated carbocycles. The van der Waals surface area contributed by atoms with Crippen LogP contribution in [0.5, 0.6) is 0 Å². The highest BCUT2D eigenvalue weighted by Gasteiger charge is 2.23. The van der Waals surface area contributed by atoms with Gasteiger partial charge in [-0.25, -0.2) is 0 Å². The van der Waals surface area contributed by atoms with Gasteiger partial charge in [-0.3, -0.25) is 0 Å². The minimum absolute atomic E-state index is 0.664. The predicted octanol–water partition coefficient (Wildman–Crippen LogP) is 5.59. The molecular formula is C17H25BrClN. The highest BCUT2D eigenvalue weighted by atomic mass is 79.9. The van der Waals surface area contributed by atoms with E-state index in [-0.39, 0.29) is 0 Å². The van der Waals surface area contributed by atoms with Crippen LogP contribution in [-0.4, -0.2) is 12.6 Å². The van der Waals surface area contributed by atoms with Crippen molar-refractivity contribution in [2.45, 2.75) is 57.9 Å². The standard InChI is InChI=1S/C17H25BrClN/c1-2-10-20-17-7-5-3-4-6-14(17)11-13-8-9-15(18)12-16(13)19/h8-9,12,14,17,20H,2-7,10-11H2,1H3. The highest BCUT2D eigenvalue weighted by molar-refractivity contribution is 9.10. The fourth-order valence-electron chi connectivity index (χ4n) is 3.20. The Labute approximate surface area is 136 Å². The van der Waals surface area contributed by atoms with Crippen molar-refractivity contribution in [1.82, 2.24) is 5.32 Å². The van der Waals surface area contributed by atoms with Gasteiger partial charge < -0.3 is 5.32 Å². The average Bonchev–Trinajstić information content (AvgIpc) is 2.65. The molecular weight excluding hydrogens is 334 g/mol. The van der Waals surface area contributed by atoms with Crippen LogP contribution in [0, 0.1) is 5.92 Å².